The van der Waals surface area contributed by atoms with Gasteiger partial charge in [0, 0.05) is 25.2 Å². The molecular formula is C20H25F3N4O5S. The maximum Gasteiger partial charge on any atom is 0.573 e. The van der Waals surface area contributed by atoms with Crippen LogP contribution in [0.15, 0.2) is 18.2 Å². The maximum absolute atomic E-state index is 12.8. The Morgan fingerprint density at radius 3 is 2.55 bits per heavy atom. The summed E-state index contributed by atoms with van der Waals surface area (Å²) in [6.07, 6.45) is -3.08. The van der Waals surface area contributed by atoms with E-state index in [0.29, 0.717) is 19.4 Å². The average Bonchev–Trinajstić information content (AvgIpc) is 2.69. The number of ether oxygens (including phenoxy) is 1. The van der Waals surface area contributed by atoms with E-state index in [0.717, 1.165) is 12.3 Å². The van der Waals surface area contributed by atoms with Crippen molar-refractivity contribution in [3.8, 4) is 11.8 Å². The smallest absolute Gasteiger partial charge is 0.405 e. The van der Waals surface area contributed by atoms with Crippen LogP contribution in [0.4, 0.5) is 13.2 Å². The summed E-state index contributed by atoms with van der Waals surface area (Å²) in [7, 11) is -3.65. The number of hydrogen-bond donors (Lipinski definition) is 2. The normalized spacial score (nSPS) is 17.2. The van der Waals surface area contributed by atoms with Crippen LogP contribution in [-0.2, 0) is 26.2 Å². The van der Waals surface area contributed by atoms with Gasteiger partial charge in [0.1, 0.15) is 11.3 Å². The Hall–Kier alpha value is -2.85. The van der Waals surface area contributed by atoms with Gasteiger partial charge in [0.2, 0.25) is 21.8 Å². The molecule has 2 N–H and O–H groups in total. The number of piperidine rings is 1. The van der Waals surface area contributed by atoms with Gasteiger partial charge in [-0.3, -0.25) is 9.59 Å². The van der Waals surface area contributed by atoms with Crippen molar-refractivity contribution in [2.75, 3.05) is 19.3 Å². The van der Waals surface area contributed by atoms with Crippen LogP contribution in [0.5, 0.6) is 5.75 Å². The van der Waals surface area contributed by atoms with Gasteiger partial charge in [-0.05, 0) is 38.8 Å². The Morgan fingerprint density at radius 1 is 1.30 bits per heavy atom. The molecule has 33 heavy (non-hydrogen) atoms. The molecule has 1 atom stereocenters. The number of carbonyl (C=O) groups is 2. The van der Waals surface area contributed by atoms with Crippen LogP contribution < -0.4 is 14.8 Å². The van der Waals surface area contributed by atoms with Crippen molar-refractivity contribution in [2.45, 2.75) is 45.1 Å². The summed E-state index contributed by atoms with van der Waals surface area (Å²) in [6.45, 7) is 2.96. The largest absolute Gasteiger partial charge is 0.573 e. The highest BCUT2D eigenvalue weighted by Gasteiger charge is 2.38. The van der Waals surface area contributed by atoms with Gasteiger partial charge in [-0.2, -0.15) is 5.26 Å². The summed E-state index contributed by atoms with van der Waals surface area (Å²) in [5, 5.41) is 11.5. The lowest BCUT2D eigenvalue weighted by atomic mass is 9.94. The van der Waals surface area contributed by atoms with Crippen LogP contribution in [0.3, 0.4) is 0 Å². The number of nitrogens with one attached hydrogen (secondary N) is 2. The van der Waals surface area contributed by atoms with Gasteiger partial charge in [-0.15, -0.1) is 13.2 Å². The Morgan fingerprint density at radius 2 is 1.97 bits per heavy atom. The number of benzene rings is 1. The molecule has 0 saturated carbocycles. The summed E-state index contributed by atoms with van der Waals surface area (Å²) in [5.74, 6) is -2.17. The van der Waals surface area contributed by atoms with Crippen LogP contribution in [-0.4, -0.2) is 56.4 Å². The van der Waals surface area contributed by atoms with Crippen molar-refractivity contribution in [2.24, 2.45) is 5.92 Å². The van der Waals surface area contributed by atoms with Crippen molar-refractivity contribution < 1.29 is 35.9 Å². The van der Waals surface area contributed by atoms with Gasteiger partial charge in [0.25, 0.3) is 0 Å². The number of nitriles is 1. The van der Waals surface area contributed by atoms with E-state index in [1.165, 1.54) is 30.9 Å². The number of hydrogen-bond acceptors (Lipinski definition) is 6. The molecule has 1 heterocycles. The monoisotopic (exact) mass is 490 g/mol. The molecule has 1 unspecified atom stereocenters. The Balaban J connectivity index is 2.06. The molecule has 0 radical (unpaired) electrons. The molecule has 13 heteroatoms. The van der Waals surface area contributed by atoms with E-state index in [9.17, 15) is 31.2 Å². The van der Waals surface area contributed by atoms with Crippen molar-refractivity contribution >= 4 is 21.8 Å². The van der Waals surface area contributed by atoms with E-state index in [1.54, 1.807) is 6.07 Å². The fraction of sp³-hybridized carbons (Fsp3) is 0.550. The van der Waals surface area contributed by atoms with E-state index in [2.05, 4.69) is 14.8 Å². The molecule has 1 aromatic carbocycles. The zero-order valence-corrected chi connectivity index (χ0v) is 19.1. The first-order valence-electron chi connectivity index (χ1n) is 9.96. The molecule has 182 valence electrons. The van der Waals surface area contributed by atoms with Gasteiger partial charge in [0.15, 0.2) is 0 Å². The van der Waals surface area contributed by atoms with E-state index in [4.69, 9.17) is 5.26 Å². The summed E-state index contributed by atoms with van der Waals surface area (Å²) in [5.41, 5.74) is -1.41. The summed E-state index contributed by atoms with van der Waals surface area (Å²) < 4.78 is 67.4. The predicted molar refractivity (Wildman–Crippen MR) is 111 cm³/mol. The quantitative estimate of drug-likeness (QED) is 0.598. The summed E-state index contributed by atoms with van der Waals surface area (Å²) in [6, 6.07) is 5.23. The Labute approximate surface area is 189 Å². The molecule has 1 fully saturated rings. The minimum Gasteiger partial charge on any atom is -0.405 e. The van der Waals surface area contributed by atoms with Gasteiger partial charge in [-0.25, -0.2) is 13.1 Å². The minimum absolute atomic E-state index is 0.0295. The highest BCUT2D eigenvalue weighted by Crippen LogP contribution is 2.28. The lowest BCUT2D eigenvalue weighted by molar-refractivity contribution is -0.274. The van der Waals surface area contributed by atoms with Gasteiger partial charge in [-0.1, -0.05) is 6.07 Å². The van der Waals surface area contributed by atoms with E-state index in [-0.39, 0.29) is 24.2 Å². The zero-order chi connectivity index (χ0) is 25.0. The molecule has 1 saturated heterocycles. The lowest BCUT2D eigenvalue weighted by Crippen LogP contribution is -2.58. The Kier molecular flexibility index (Phi) is 7.97. The Bertz CT molecular complexity index is 1050. The van der Waals surface area contributed by atoms with Crippen LogP contribution >= 0.6 is 0 Å². The fourth-order valence-electron chi connectivity index (χ4n) is 3.59. The molecule has 0 aliphatic carbocycles. The maximum atomic E-state index is 12.8. The molecule has 0 spiro atoms. The average molecular weight is 491 g/mol. The van der Waals surface area contributed by atoms with Crippen LogP contribution in [0.1, 0.15) is 37.8 Å². The van der Waals surface area contributed by atoms with Crippen LogP contribution in [0, 0.1) is 17.2 Å². The first-order chi connectivity index (χ1) is 15.1. The molecule has 1 aliphatic rings. The summed E-state index contributed by atoms with van der Waals surface area (Å²) >= 11 is 0. The molecule has 1 aromatic rings. The van der Waals surface area contributed by atoms with Gasteiger partial charge in [0.05, 0.1) is 23.8 Å². The van der Waals surface area contributed by atoms with Crippen molar-refractivity contribution in [1.82, 2.24) is 14.9 Å². The lowest BCUT2D eigenvalue weighted by Gasteiger charge is -2.37. The highest BCUT2D eigenvalue weighted by molar-refractivity contribution is 7.88. The third-order valence-corrected chi connectivity index (χ3v) is 5.81. The third kappa shape index (κ3) is 7.90. The number of alkyl halides is 3. The van der Waals surface area contributed by atoms with E-state index in [1.807, 2.05) is 0 Å². The van der Waals surface area contributed by atoms with Crippen molar-refractivity contribution in [3.63, 3.8) is 0 Å². The standard InChI is InChI=1S/C20H25F3N4O5S/c1-19(2,26-33(3,30)31)18(29)27-8-4-5-15(12-27)17(28)25-11-14-7-6-13(10-24)9-16(14)32-20(21,22)23/h6-7,9,15,26H,4-5,8,11-12H2,1-3H3,(H,25,28). The molecule has 2 rings (SSSR count). The highest BCUT2D eigenvalue weighted by atomic mass is 32.2. The first kappa shape index (κ1) is 26.4. The molecular weight excluding hydrogens is 465 g/mol. The second-order valence-corrected chi connectivity index (χ2v) is 10.0. The number of likely N-dealkylation sites (tertiary alicyclic amines) is 1. The van der Waals surface area contributed by atoms with Crippen molar-refractivity contribution in [3.05, 3.63) is 29.3 Å². The number of amides is 2. The number of nitrogens with zero attached hydrogens (tertiary/aromatic N) is 2. The topological polar surface area (TPSA) is 129 Å². The van der Waals surface area contributed by atoms with Gasteiger partial charge >= 0.3 is 6.36 Å². The number of carbonyl (C=O) groups excluding carboxylic acids is 2. The molecule has 0 bridgehead atoms. The predicted octanol–water partition coefficient (Wildman–Crippen LogP) is 1.64. The number of rotatable bonds is 7. The number of halogens is 3. The number of sulfonamides is 1. The van der Waals surface area contributed by atoms with Gasteiger partial charge < -0.3 is 15.0 Å². The first-order valence-corrected chi connectivity index (χ1v) is 11.9. The minimum atomic E-state index is -4.97. The van der Waals surface area contributed by atoms with Crippen LogP contribution in [0.25, 0.3) is 0 Å². The SMILES string of the molecule is CC(C)(NS(C)(=O)=O)C(=O)N1CCCC(C(=O)NCc2ccc(C#N)cc2OC(F)(F)F)C1. The van der Waals surface area contributed by atoms with E-state index < -0.39 is 45.4 Å². The second-order valence-electron chi connectivity index (χ2n) is 8.29. The molecule has 0 aromatic heterocycles. The molecule has 9 nitrogen and oxygen atoms in total. The van der Waals surface area contributed by atoms with Crippen LogP contribution in [0.2, 0.25) is 0 Å². The second kappa shape index (κ2) is 9.96. The fourth-order valence-corrected chi connectivity index (χ4v) is 4.61. The molecule has 2 amide bonds. The zero-order valence-electron chi connectivity index (χ0n) is 18.3. The third-order valence-electron chi connectivity index (χ3n) is 4.93. The van der Waals surface area contributed by atoms with E-state index >= 15 is 0 Å². The summed E-state index contributed by atoms with van der Waals surface area (Å²) in [4.78, 5) is 26.9. The molecule has 1 aliphatic heterocycles. The van der Waals surface area contributed by atoms with Crippen molar-refractivity contribution in [1.29, 1.82) is 5.26 Å².